The molecular weight excluding hydrogens is 312 g/mol. The van der Waals surface area contributed by atoms with E-state index in [0.29, 0.717) is 6.61 Å². The van der Waals surface area contributed by atoms with Crippen molar-refractivity contribution < 1.29 is 9.47 Å². The maximum atomic E-state index is 6.20. The molecule has 122 valence electrons. The largest absolute Gasteiger partial charge is 0.486 e. The van der Waals surface area contributed by atoms with Gasteiger partial charge in [0.1, 0.15) is 11.9 Å². The van der Waals surface area contributed by atoms with Crippen LogP contribution >= 0.6 is 11.5 Å². The van der Waals surface area contributed by atoms with Crippen molar-refractivity contribution in [1.82, 2.24) is 19.5 Å². The molecule has 2 unspecified atom stereocenters. The van der Waals surface area contributed by atoms with Crippen molar-refractivity contribution in [3.63, 3.8) is 0 Å². The molecule has 1 spiro atoms. The van der Waals surface area contributed by atoms with Crippen LogP contribution in [0.15, 0.2) is 29.9 Å². The molecule has 0 aromatic carbocycles. The van der Waals surface area contributed by atoms with Gasteiger partial charge in [-0.05, 0) is 43.1 Å². The fraction of sp³-hybridized carbons (Fsp3) is 0.562. The van der Waals surface area contributed by atoms with Crippen LogP contribution in [0.3, 0.4) is 0 Å². The molecule has 4 rings (SSSR count). The SMILES string of the molecule is c1cncc(OC2COC3(CCCN(Cc4csnn4)C3)C2)c1. The Kier molecular flexibility index (Phi) is 4.24. The zero-order valence-electron chi connectivity index (χ0n) is 12.9. The van der Waals surface area contributed by atoms with Gasteiger partial charge in [0, 0.05) is 31.1 Å². The van der Waals surface area contributed by atoms with Crippen LogP contribution in [0.2, 0.25) is 0 Å². The normalized spacial score (nSPS) is 28.3. The highest BCUT2D eigenvalue weighted by molar-refractivity contribution is 7.03. The zero-order valence-corrected chi connectivity index (χ0v) is 13.7. The molecule has 0 saturated carbocycles. The second kappa shape index (κ2) is 6.51. The van der Waals surface area contributed by atoms with Crippen LogP contribution in [0.5, 0.6) is 5.75 Å². The lowest BCUT2D eigenvalue weighted by Gasteiger charge is -2.39. The summed E-state index contributed by atoms with van der Waals surface area (Å²) in [6.07, 6.45) is 6.82. The van der Waals surface area contributed by atoms with Crippen LogP contribution in [-0.2, 0) is 11.3 Å². The lowest BCUT2D eigenvalue weighted by molar-refractivity contribution is -0.0540. The predicted molar refractivity (Wildman–Crippen MR) is 86.4 cm³/mol. The van der Waals surface area contributed by atoms with Crippen LogP contribution in [-0.4, -0.2) is 50.9 Å². The molecule has 2 aromatic rings. The second-order valence-electron chi connectivity index (χ2n) is 6.34. The number of ether oxygens (including phenoxy) is 2. The van der Waals surface area contributed by atoms with E-state index in [2.05, 4.69) is 19.5 Å². The van der Waals surface area contributed by atoms with Crippen LogP contribution in [0.1, 0.15) is 25.0 Å². The van der Waals surface area contributed by atoms with E-state index in [9.17, 15) is 0 Å². The fourth-order valence-corrected chi connectivity index (χ4v) is 4.02. The van der Waals surface area contributed by atoms with Gasteiger partial charge in [-0.2, -0.15) is 0 Å². The second-order valence-corrected chi connectivity index (χ2v) is 6.95. The maximum Gasteiger partial charge on any atom is 0.138 e. The lowest BCUT2D eigenvalue weighted by Crippen LogP contribution is -2.47. The van der Waals surface area contributed by atoms with Crippen LogP contribution < -0.4 is 4.74 Å². The average molecular weight is 332 g/mol. The van der Waals surface area contributed by atoms with Gasteiger partial charge in [0.05, 0.1) is 24.1 Å². The third-order valence-corrected chi connectivity index (χ3v) is 5.07. The maximum absolute atomic E-state index is 6.20. The van der Waals surface area contributed by atoms with Crippen molar-refractivity contribution >= 4 is 11.5 Å². The van der Waals surface area contributed by atoms with Gasteiger partial charge < -0.3 is 9.47 Å². The third kappa shape index (κ3) is 3.52. The Labute approximate surface area is 139 Å². The summed E-state index contributed by atoms with van der Waals surface area (Å²) in [6, 6.07) is 3.84. The zero-order chi connectivity index (χ0) is 15.5. The molecule has 23 heavy (non-hydrogen) atoms. The average Bonchev–Trinajstić information content (AvgIpc) is 3.19. The van der Waals surface area contributed by atoms with Gasteiger partial charge in [-0.25, -0.2) is 0 Å². The molecule has 2 atom stereocenters. The summed E-state index contributed by atoms with van der Waals surface area (Å²) in [5, 5.41) is 6.17. The number of piperidine rings is 1. The van der Waals surface area contributed by atoms with E-state index < -0.39 is 0 Å². The predicted octanol–water partition coefficient (Wildman–Crippen LogP) is 2.14. The molecule has 4 heterocycles. The fourth-order valence-electron chi connectivity index (χ4n) is 3.58. The molecule has 2 aliphatic heterocycles. The summed E-state index contributed by atoms with van der Waals surface area (Å²) in [5.74, 6) is 0.819. The highest BCUT2D eigenvalue weighted by atomic mass is 32.1. The Bertz CT molecular complexity index is 624. The highest BCUT2D eigenvalue weighted by Crippen LogP contribution is 2.36. The molecule has 2 aromatic heterocycles. The molecule has 0 aliphatic carbocycles. The van der Waals surface area contributed by atoms with Gasteiger partial charge in [-0.1, -0.05) is 4.49 Å². The van der Waals surface area contributed by atoms with Gasteiger partial charge in [0.2, 0.25) is 0 Å². The molecule has 0 radical (unpaired) electrons. The number of nitrogens with zero attached hydrogens (tertiary/aromatic N) is 4. The van der Waals surface area contributed by atoms with Crippen molar-refractivity contribution in [2.45, 2.75) is 37.5 Å². The van der Waals surface area contributed by atoms with Crippen LogP contribution in [0.25, 0.3) is 0 Å². The summed E-state index contributed by atoms with van der Waals surface area (Å²) in [4.78, 5) is 6.52. The molecule has 0 N–H and O–H groups in total. The first-order valence-electron chi connectivity index (χ1n) is 8.00. The summed E-state index contributed by atoms with van der Waals surface area (Å²) in [6.45, 7) is 3.55. The summed E-state index contributed by atoms with van der Waals surface area (Å²) < 4.78 is 16.2. The van der Waals surface area contributed by atoms with Gasteiger partial charge in [0.25, 0.3) is 0 Å². The number of likely N-dealkylation sites (tertiary alicyclic amines) is 1. The molecule has 2 fully saturated rings. The molecule has 0 bridgehead atoms. The van der Waals surface area contributed by atoms with E-state index >= 15 is 0 Å². The molecule has 2 aliphatic rings. The Morgan fingerprint density at radius 1 is 1.48 bits per heavy atom. The summed E-state index contributed by atoms with van der Waals surface area (Å²) >= 11 is 1.41. The quantitative estimate of drug-likeness (QED) is 0.855. The highest BCUT2D eigenvalue weighted by Gasteiger charge is 2.44. The van der Waals surface area contributed by atoms with Crippen LogP contribution in [0, 0.1) is 0 Å². The van der Waals surface area contributed by atoms with Crippen molar-refractivity contribution in [1.29, 1.82) is 0 Å². The van der Waals surface area contributed by atoms with Gasteiger partial charge in [-0.15, -0.1) is 5.10 Å². The van der Waals surface area contributed by atoms with E-state index in [0.717, 1.165) is 50.3 Å². The van der Waals surface area contributed by atoms with E-state index in [4.69, 9.17) is 9.47 Å². The van der Waals surface area contributed by atoms with Crippen molar-refractivity contribution in [2.24, 2.45) is 0 Å². The number of aromatic nitrogens is 3. The molecule has 2 saturated heterocycles. The molecular formula is C16H20N4O2S. The number of pyridine rings is 1. The van der Waals surface area contributed by atoms with Gasteiger partial charge in [-0.3, -0.25) is 9.88 Å². The minimum Gasteiger partial charge on any atom is -0.486 e. The van der Waals surface area contributed by atoms with E-state index in [1.165, 1.54) is 11.5 Å². The Balaban J connectivity index is 1.37. The van der Waals surface area contributed by atoms with Crippen molar-refractivity contribution in [2.75, 3.05) is 19.7 Å². The monoisotopic (exact) mass is 332 g/mol. The Hall–Kier alpha value is -1.57. The van der Waals surface area contributed by atoms with Crippen molar-refractivity contribution in [3.05, 3.63) is 35.6 Å². The topological polar surface area (TPSA) is 60.4 Å². The third-order valence-electron chi connectivity index (χ3n) is 4.52. The first-order chi connectivity index (χ1) is 11.3. The number of hydrogen-bond donors (Lipinski definition) is 0. The minimum absolute atomic E-state index is 0.0748. The first kappa shape index (κ1) is 15.0. The van der Waals surface area contributed by atoms with E-state index in [-0.39, 0.29) is 11.7 Å². The molecule has 6 nitrogen and oxygen atoms in total. The Morgan fingerprint density at radius 3 is 3.30 bits per heavy atom. The van der Waals surface area contributed by atoms with Crippen molar-refractivity contribution in [3.8, 4) is 5.75 Å². The summed E-state index contributed by atoms with van der Waals surface area (Å²) in [5.41, 5.74) is 0.974. The molecule has 0 amide bonds. The van der Waals surface area contributed by atoms with E-state index in [1.54, 1.807) is 12.4 Å². The minimum atomic E-state index is -0.0748. The summed E-state index contributed by atoms with van der Waals surface area (Å²) in [7, 11) is 0. The van der Waals surface area contributed by atoms with Crippen LogP contribution in [0.4, 0.5) is 0 Å². The van der Waals surface area contributed by atoms with E-state index in [1.807, 2.05) is 17.5 Å². The smallest absolute Gasteiger partial charge is 0.138 e. The standard InChI is InChI=1S/C16H20N4O2S/c1-3-14(8-17-5-1)22-15-7-16(21-10-15)4-2-6-20(12-16)9-13-11-23-19-18-13/h1,3,5,8,11,15H,2,4,6-7,9-10,12H2. The van der Waals surface area contributed by atoms with Gasteiger partial charge in [0.15, 0.2) is 0 Å². The van der Waals surface area contributed by atoms with Gasteiger partial charge >= 0.3 is 0 Å². The lowest BCUT2D eigenvalue weighted by atomic mass is 9.89. The Morgan fingerprint density at radius 2 is 2.48 bits per heavy atom. The molecule has 7 heteroatoms. The number of hydrogen-bond acceptors (Lipinski definition) is 7. The number of rotatable bonds is 4. The first-order valence-corrected chi connectivity index (χ1v) is 8.84.